The maximum atomic E-state index is 6.81. The molecular formula is C24H37O2P. The first-order chi connectivity index (χ1) is 13.0. The molecule has 5 rings (SSSR count). The standard InChI is InChI=1S/C24H37O2P/c1-16(2)23(25-22-7-5-21(6-8-22)17(3)15-27-4)26-24-12-18-9-19(13-24)11-20(10-18)14-24/h5-8,16-20,23,27H,9-15H2,1-4H3. The predicted octanol–water partition coefficient (Wildman–Crippen LogP) is 6.44. The summed E-state index contributed by atoms with van der Waals surface area (Å²) in [5, 5.41) is 0. The van der Waals surface area contributed by atoms with E-state index in [9.17, 15) is 0 Å². The molecule has 0 amide bonds. The Morgan fingerprint density at radius 1 is 0.963 bits per heavy atom. The Kier molecular flexibility index (Phi) is 5.87. The normalized spacial score (nSPS) is 34.5. The predicted molar refractivity (Wildman–Crippen MR) is 115 cm³/mol. The van der Waals surface area contributed by atoms with E-state index in [1.54, 1.807) is 0 Å². The summed E-state index contributed by atoms with van der Waals surface area (Å²) >= 11 is 0. The van der Waals surface area contributed by atoms with Gasteiger partial charge in [-0.1, -0.05) is 32.9 Å². The van der Waals surface area contributed by atoms with Crippen molar-refractivity contribution in [1.29, 1.82) is 0 Å². The van der Waals surface area contributed by atoms with E-state index in [1.165, 1.54) is 50.3 Å². The topological polar surface area (TPSA) is 18.5 Å². The van der Waals surface area contributed by atoms with E-state index in [1.807, 2.05) is 0 Å². The molecule has 0 heterocycles. The fraction of sp³-hybridized carbons (Fsp3) is 0.750. The van der Waals surface area contributed by atoms with Crippen LogP contribution in [0.2, 0.25) is 0 Å². The third kappa shape index (κ3) is 4.38. The van der Waals surface area contributed by atoms with Gasteiger partial charge in [0, 0.05) is 5.92 Å². The summed E-state index contributed by atoms with van der Waals surface area (Å²) in [5.74, 6) is 4.66. The smallest absolute Gasteiger partial charge is 0.202 e. The number of hydrogen-bond acceptors (Lipinski definition) is 2. The molecule has 4 bridgehead atoms. The summed E-state index contributed by atoms with van der Waals surface area (Å²) in [7, 11) is 1.01. The summed E-state index contributed by atoms with van der Waals surface area (Å²) in [6, 6.07) is 8.76. The molecule has 0 N–H and O–H groups in total. The largest absolute Gasteiger partial charge is 0.465 e. The van der Waals surface area contributed by atoms with Crippen molar-refractivity contribution in [3.05, 3.63) is 29.8 Å². The van der Waals surface area contributed by atoms with Gasteiger partial charge in [-0.15, -0.1) is 8.58 Å². The van der Waals surface area contributed by atoms with Gasteiger partial charge in [-0.05, 0) is 92.7 Å². The number of rotatable bonds is 8. The monoisotopic (exact) mass is 388 g/mol. The Morgan fingerprint density at radius 3 is 2.00 bits per heavy atom. The SMILES string of the molecule is CPCC(C)c1ccc(OC(OC23CC4CC(CC(C4)C2)C3)C(C)C)cc1. The summed E-state index contributed by atoms with van der Waals surface area (Å²) in [6.07, 6.45) is 9.28. The Morgan fingerprint density at radius 2 is 1.52 bits per heavy atom. The molecular weight excluding hydrogens is 351 g/mol. The van der Waals surface area contributed by atoms with Crippen molar-refractivity contribution < 1.29 is 9.47 Å². The zero-order valence-electron chi connectivity index (χ0n) is 17.5. The van der Waals surface area contributed by atoms with Gasteiger partial charge < -0.3 is 9.47 Å². The first-order valence-electron chi connectivity index (χ1n) is 11.1. The third-order valence-electron chi connectivity index (χ3n) is 7.10. The van der Waals surface area contributed by atoms with Gasteiger partial charge in [0.2, 0.25) is 6.29 Å². The lowest BCUT2D eigenvalue weighted by Crippen LogP contribution is -2.54. The van der Waals surface area contributed by atoms with Crippen LogP contribution in [0.15, 0.2) is 24.3 Å². The summed E-state index contributed by atoms with van der Waals surface area (Å²) < 4.78 is 13.2. The van der Waals surface area contributed by atoms with Crippen LogP contribution in [0.3, 0.4) is 0 Å². The van der Waals surface area contributed by atoms with Crippen LogP contribution < -0.4 is 4.74 Å². The minimum absolute atomic E-state index is 0.0974. The molecule has 4 saturated carbocycles. The molecule has 0 aromatic heterocycles. The van der Waals surface area contributed by atoms with Gasteiger partial charge in [0.15, 0.2) is 0 Å². The van der Waals surface area contributed by atoms with Gasteiger partial charge in [-0.2, -0.15) is 0 Å². The van der Waals surface area contributed by atoms with Crippen LogP contribution in [0.5, 0.6) is 5.75 Å². The van der Waals surface area contributed by atoms with Crippen molar-refractivity contribution in [2.75, 3.05) is 12.8 Å². The quantitative estimate of drug-likeness (QED) is 0.377. The van der Waals surface area contributed by atoms with Crippen LogP contribution in [0, 0.1) is 23.7 Å². The maximum Gasteiger partial charge on any atom is 0.202 e. The molecule has 1 aromatic rings. The van der Waals surface area contributed by atoms with Gasteiger partial charge in [0.1, 0.15) is 5.75 Å². The molecule has 4 aliphatic rings. The molecule has 1 aromatic carbocycles. The Balaban J connectivity index is 1.43. The zero-order chi connectivity index (χ0) is 19.0. The summed E-state index contributed by atoms with van der Waals surface area (Å²) in [5.41, 5.74) is 1.51. The Bertz CT molecular complexity index is 588. The van der Waals surface area contributed by atoms with Crippen molar-refractivity contribution in [3.63, 3.8) is 0 Å². The van der Waals surface area contributed by atoms with E-state index in [2.05, 4.69) is 51.7 Å². The van der Waals surface area contributed by atoms with Gasteiger partial charge in [0.25, 0.3) is 0 Å². The van der Waals surface area contributed by atoms with Crippen LogP contribution in [0.25, 0.3) is 0 Å². The van der Waals surface area contributed by atoms with Gasteiger partial charge >= 0.3 is 0 Å². The zero-order valence-corrected chi connectivity index (χ0v) is 18.5. The van der Waals surface area contributed by atoms with Crippen molar-refractivity contribution in [2.24, 2.45) is 23.7 Å². The maximum absolute atomic E-state index is 6.81. The van der Waals surface area contributed by atoms with Crippen LogP contribution in [-0.4, -0.2) is 24.7 Å². The lowest BCUT2D eigenvalue weighted by molar-refractivity contribution is -0.243. The number of hydrogen-bond donors (Lipinski definition) is 0. The van der Waals surface area contributed by atoms with Crippen molar-refractivity contribution in [1.82, 2.24) is 0 Å². The molecule has 3 atom stereocenters. The highest BCUT2D eigenvalue weighted by atomic mass is 31.1. The minimum atomic E-state index is -0.137. The van der Waals surface area contributed by atoms with Crippen LogP contribution in [-0.2, 0) is 4.74 Å². The molecule has 4 aliphatic carbocycles. The van der Waals surface area contributed by atoms with Crippen molar-refractivity contribution >= 4 is 8.58 Å². The average Bonchev–Trinajstić information content (AvgIpc) is 2.60. The fourth-order valence-corrected chi connectivity index (χ4v) is 7.00. The second kappa shape index (κ2) is 8.03. The fourth-order valence-electron chi connectivity index (χ4n) is 6.15. The van der Waals surface area contributed by atoms with Crippen LogP contribution >= 0.6 is 8.58 Å². The lowest BCUT2D eigenvalue weighted by Gasteiger charge is -2.57. The van der Waals surface area contributed by atoms with Crippen LogP contribution in [0.4, 0.5) is 0 Å². The molecule has 0 saturated heterocycles. The Labute approximate surface area is 167 Å². The number of benzene rings is 1. The molecule has 2 nitrogen and oxygen atoms in total. The van der Waals surface area contributed by atoms with E-state index in [-0.39, 0.29) is 11.9 Å². The second-order valence-corrected chi connectivity index (χ2v) is 11.1. The molecule has 4 fully saturated rings. The van der Waals surface area contributed by atoms with E-state index in [0.717, 1.165) is 32.1 Å². The van der Waals surface area contributed by atoms with E-state index >= 15 is 0 Å². The molecule has 3 unspecified atom stereocenters. The van der Waals surface area contributed by atoms with Crippen molar-refractivity contribution in [3.8, 4) is 5.75 Å². The van der Waals surface area contributed by atoms with E-state index in [4.69, 9.17) is 9.47 Å². The second-order valence-electron chi connectivity index (χ2n) is 9.98. The van der Waals surface area contributed by atoms with Crippen LogP contribution in [0.1, 0.15) is 70.8 Å². The summed E-state index contributed by atoms with van der Waals surface area (Å²) in [6.45, 7) is 9.05. The van der Waals surface area contributed by atoms with Gasteiger partial charge in [0.05, 0.1) is 5.60 Å². The first-order valence-corrected chi connectivity index (χ1v) is 12.8. The van der Waals surface area contributed by atoms with E-state index in [0.29, 0.717) is 11.8 Å². The highest BCUT2D eigenvalue weighted by Crippen LogP contribution is 2.57. The molecule has 0 aliphatic heterocycles. The van der Waals surface area contributed by atoms with Gasteiger partial charge in [-0.3, -0.25) is 0 Å². The lowest BCUT2D eigenvalue weighted by atomic mass is 9.54. The molecule has 3 heteroatoms. The third-order valence-corrected chi connectivity index (χ3v) is 8.12. The molecule has 150 valence electrons. The van der Waals surface area contributed by atoms with Crippen molar-refractivity contribution in [2.45, 2.75) is 77.1 Å². The Hall–Kier alpha value is -0.590. The average molecular weight is 389 g/mol. The molecule has 27 heavy (non-hydrogen) atoms. The molecule has 0 radical (unpaired) electrons. The highest BCUT2D eigenvalue weighted by molar-refractivity contribution is 7.37. The molecule has 0 spiro atoms. The minimum Gasteiger partial charge on any atom is -0.465 e. The first kappa shape index (κ1) is 19.7. The highest BCUT2D eigenvalue weighted by Gasteiger charge is 2.53. The van der Waals surface area contributed by atoms with Gasteiger partial charge in [-0.25, -0.2) is 0 Å². The number of ether oxygens (including phenoxy) is 2. The summed E-state index contributed by atoms with van der Waals surface area (Å²) in [4.78, 5) is 0. The van der Waals surface area contributed by atoms with E-state index < -0.39 is 0 Å².